The number of fused-ring (bicyclic) bond motifs is 2. The Balaban J connectivity index is 0.000000215. The topological polar surface area (TPSA) is 175 Å². The van der Waals surface area contributed by atoms with Crippen LogP contribution in [0.15, 0.2) is 204 Å². The molecule has 0 radical (unpaired) electrons. The Morgan fingerprint density at radius 3 is 1.19 bits per heavy atom. The molecule has 0 saturated heterocycles. The van der Waals surface area contributed by atoms with Crippen LogP contribution in [0.3, 0.4) is 0 Å². The van der Waals surface area contributed by atoms with Gasteiger partial charge in [0.15, 0.2) is 19.7 Å². The predicted octanol–water partition coefficient (Wildman–Crippen LogP) is 16.9. The molecule has 2 heterocycles. The van der Waals surface area contributed by atoms with Crippen LogP contribution in [0.25, 0.3) is 11.4 Å². The summed E-state index contributed by atoms with van der Waals surface area (Å²) >= 11 is 0. The van der Waals surface area contributed by atoms with Crippen molar-refractivity contribution in [1.29, 1.82) is 0 Å². The summed E-state index contributed by atoms with van der Waals surface area (Å²) in [6.07, 6.45) is -23.2. The third-order valence-corrected chi connectivity index (χ3v) is 23.9. The minimum absolute atomic E-state index is 0.0113. The lowest BCUT2D eigenvalue weighted by atomic mass is 9.80. The van der Waals surface area contributed by atoms with E-state index in [4.69, 9.17) is 9.47 Å². The summed E-state index contributed by atoms with van der Waals surface area (Å²) in [5.41, 5.74) is -12.8. The molecule has 12 rings (SSSR count). The molecule has 2 aromatic heterocycles. The van der Waals surface area contributed by atoms with Gasteiger partial charge in [-0.05, 0) is 182 Å². The van der Waals surface area contributed by atoms with Crippen molar-refractivity contribution in [2.24, 2.45) is 0 Å². The fourth-order valence-corrected chi connectivity index (χ4v) is 17.5. The van der Waals surface area contributed by atoms with E-state index in [0.717, 1.165) is 84.9 Å². The highest BCUT2D eigenvalue weighted by atomic mass is 32.2. The SMILES string of the molecule is COC(=O)c1ccc(-n2cc3c(n2)CCC(c2ccc(C(OCc4c(F)cccc4F)(C(F)(F)F)C(F)(F)F)cc2)(S(=O)(=O)c2ccc(F)cc2)C3)cc1.COC(=O)c1ccc(-n2ncc3c2CCC(c2ccc(C(OCc4c(F)cccc4F)(C(F)(F)F)C(F)(F)F)cc2)(S(=O)(=O)c2ccc(F)cc2)C3)cc1. The number of methoxy groups -OCH3 is 2. The summed E-state index contributed by atoms with van der Waals surface area (Å²) in [6, 6.07) is 28.9. The smallest absolute Gasteiger partial charge is 0.430 e. The molecular weight excluding hydrogens is 1510 g/mol. The van der Waals surface area contributed by atoms with E-state index in [1.165, 1.54) is 60.2 Å². The Labute approximate surface area is 601 Å². The molecule has 2 atom stereocenters. The van der Waals surface area contributed by atoms with E-state index in [9.17, 15) is 105 Å². The maximum absolute atomic E-state index is 14.6. The summed E-state index contributed by atoms with van der Waals surface area (Å²) < 4.78 is 336. The van der Waals surface area contributed by atoms with Crippen LogP contribution in [-0.4, -0.2) is 87.3 Å². The third kappa shape index (κ3) is 14.1. The highest BCUT2D eigenvalue weighted by molar-refractivity contribution is 7.92. The number of hydrogen-bond acceptors (Lipinski definition) is 12. The van der Waals surface area contributed by atoms with Gasteiger partial charge in [-0.25, -0.2) is 62.1 Å². The quantitative estimate of drug-likeness (QED) is 0.0452. The van der Waals surface area contributed by atoms with Crippen molar-refractivity contribution in [3.63, 3.8) is 0 Å². The molecule has 0 amide bonds. The first-order valence-corrected chi connectivity index (χ1v) is 34.8. The summed E-state index contributed by atoms with van der Waals surface area (Å²) in [4.78, 5) is 23.1. The lowest BCUT2D eigenvalue weighted by molar-refractivity contribution is -0.393. The standard InChI is InChI=1S/2C37H27F9N2O5S/c1-52-33(49)22-5-13-27(14-6-22)48-20-23-19-34(18-17-32(23)47-48,54(50,51)28-15-11-26(38)12-16-28)24-7-9-25(10-8-24)35(36(41,42)43,37(44,45)46)53-21-29-30(39)3-2-4-31(29)40;1-52-33(49)22-5-13-27(14-6-22)48-32-17-18-34(19-23(32)20-47-48,54(50,51)28-15-11-26(38)12-16-28)24-7-9-25(10-8-24)35(36(41,42)43,37(44,45)46)53-21-29-30(39)3-2-4-31(29)40/h2*2-16,20H,17-19,21H2,1H3. The molecule has 34 heteroatoms. The van der Waals surface area contributed by atoms with Crippen molar-refractivity contribution in [3.8, 4) is 11.4 Å². The number of ether oxygens (including phenoxy) is 4. The van der Waals surface area contributed by atoms with Gasteiger partial charge in [0.05, 0.1) is 71.6 Å². The van der Waals surface area contributed by atoms with Crippen LogP contribution < -0.4 is 0 Å². The molecule has 14 nitrogen and oxygen atoms in total. The maximum atomic E-state index is 14.6. The maximum Gasteiger partial charge on any atom is 0.430 e. The first-order valence-electron chi connectivity index (χ1n) is 31.8. The predicted molar refractivity (Wildman–Crippen MR) is 347 cm³/mol. The number of hydrogen-bond donors (Lipinski definition) is 0. The molecule has 8 aromatic carbocycles. The van der Waals surface area contributed by atoms with E-state index in [2.05, 4.69) is 19.7 Å². The van der Waals surface area contributed by atoms with Crippen LogP contribution in [-0.2, 0) is 98.2 Å². The summed E-state index contributed by atoms with van der Waals surface area (Å²) in [6.45, 7) is -3.53. The van der Waals surface area contributed by atoms with E-state index in [-0.39, 0.29) is 70.6 Å². The second-order valence-electron chi connectivity index (χ2n) is 24.9. The number of carbonyl (C=O) groups excluding carboxylic acids is 2. The highest BCUT2D eigenvalue weighted by Crippen LogP contribution is 2.57. The highest BCUT2D eigenvalue weighted by Gasteiger charge is 2.75. The van der Waals surface area contributed by atoms with Gasteiger partial charge in [0.1, 0.15) is 44.4 Å². The summed E-state index contributed by atoms with van der Waals surface area (Å²) in [5, 5.41) is 8.92. The molecule has 0 bridgehead atoms. The number of benzene rings is 8. The molecule has 0 saturated carbocycles. The molecule has 108 heavy (non-hydrogen) atoms. The van der Waals surface area contributed by atoms with Crippen LogP contribution in [0.1, 0.15) is 89.5 Å². The number of aromatic nitrogens is 4. The third-order valence-electron chi connectivity index (χ3n) is 18.9. The van der Waals surface area contributed by atoms with Crippen molar-refractivity contribution in [1.82, 2.24) is 19.6 Å². The average Bonchev–Trinajstić information content (AvgIpc) is 1.01. The van der Waals surface area contributed by atoms with E-state index >= 15 is 0 Å². The molecular formula is C74H54F18N4O10S2. The van der Waals surface area contributed by atoms with Crippen molar-refractivity contribution < 1.29 is 124 Å². The first-order chi connectivity index (χ1) is 50.7. The molecule has 568 valence electrons. The van der Waals surface area contributed by atoms with Gasteiger partial charge in [-0.2, -0.15) is 62.9 Å². The van der Waals surface area contributed by atoms with Crippen LogP contribution in [0.2, 0.25) is 0 Å². The van der Waals surface area contributed by atoms with E-state index < -0.39 is 147 Å². The second kappa shape index (κ2) is 29.3. The van der Waals surface area contributed by atoms with Gasteiger partial charge in [-0.15, -0.1) is 0 Å². The number of aryl methyl sites for hydroxylation is 1. The molecule has 10 aromatic rings. The number of sulfone groups is 2. The Morgan fingerprint density at radius 1 is 0.454 bits per heavy atom. The van der Waals surface area contributed by atoms with Gasteiger partial charge in [-0.3, -0.25) is 0 Å². The van der Waals surface area contributed by atoms with Crippen molar-refractivity contribution in [2.45, 2.75) is 107 Å². The Hall–Kier alpha value is -10.3. The van der Waals surface area contributed by atoms with Crippen molar-refractivity contribution >= 4 is 31.6 Å². The zero-order valence-electron chi connectivity index (χ0n) is 55.6. The number of alkyl halides is 12. The number of rotatable bonds is 18. The number of carbonyl (C=O) groups is 2. The zero-order chi connectivity index (χ0) is 78.5. The lowest BCUT2D eigenvalue weighted by Crippen LogP contribution is -2.56. The second-order valence-corrected chi connectivity index (χ2v) is 29.4. The van der Waals surface area contributed by atoms with Gasteiger partial charge in [0, 0.05) is 34.1 Å². The number of halogens is 18. The van der Waals surface area contributed by atoms with Crippen molar-refractivity contribution in [3.05, 3.63) is 296 Å². The molecule has 0 fully saturated rings. The number of nitrogens with zero attached hydrogens (tertiary/aromatic N) is 4. The van der Waals surface area contributed by atoms with Crippen LogP contribution in [0, 0.1) is 34.9 Å². The molecule has 2 aliphatic rings. The van der Waals surface area contributed by atoms with Crippen LogP contribution >= 0.6 is 0 Å². The number of esters is 2. The van der Waals surface area contributed by atoms with Gasteiger partial charge in [0.25, 0.3) is 11.2 Å². The average molecular weight is 1570 g/mol. The van der Waals surface area contributed by atoms with Crippen LogP contribution in [0.5, 0.6) is 0 Å². The summed E-state index contributed by atoms with van der Waals surface area (Å²) in [5.74, 6) is -8.43. The fraction of sp³-hybridized carbons (Fsp3) is 0.243. The Kier molecular flexibility index (Phi) is 21.4. The minimum atomic E-state index is -6.23. The Bertz CT molecular complexity index is 4950. The minimum Gasteiger partial charge on any atom is -0.465 e. The largest absolute Gasteiger partial charge is 0.465 e. The fourth-order valence-electron chi connectivity index (χ4n) is 13.3. The molecule has 2 aliphatic carbocycles. The van der Waals surface area contributed by atoms with E-state index in [1.807, 2.05) is 0 Å². The van der Waals surface area contributed by atoms with Gasteiger partial charge < -0.3 is 18.9 Å². The van der Waals surface area contributed by atoms with Gasteiger partial charge in [0.2, 0.25) is 0 Å². The molecule has 2 unspecified atom stereocenters. The zero-order valence-corrected chi connectivity index (χ0v) is 57.3. The summed E-state index contributed by atoms with van der Waals surface area (Å²) in [7, 11) is -6.74. The van der Waals surface area contributed by atoms with E-state index in [1.54, 1.807) is 24.3 Å². The van der Waals surface area contributed by atoms with Gasteiger partial charge in [-0.1, -0.05) is 60.7 Å². The monoisotopic (exact) mass is 1560 g/mol. The van der Waals surface area contributed by atoms with Crippen LogP contribution in [0.4, 0.5) is 79.0 Å². The first kappa shape index (κ1) is 78.7. The van der Waals surface area contributed by atoms with Gasteiger partial charge >= 0.3 is 36.6 Å². The molecule has 0 aliphatic heterocycles. The normalized spacial score (nSPS) is 16.6. The van der Waals surface area contributed by atoms with E-state index in [0.29, 0.717) is 82.4 Å². The molecule has 0 spiro atoms. The Morgan fingerprint density at radius 2 is 0.815 bits per heavy atom. The molecule has 0 N–H and O–H groups in total. The lowest BCUT2D eigenvalue weighted by Gasteiger charge is -2.39. The van der Waals surface area contributed by atoms with Crippen molar-refractivity contribution in [2.75, 3.05) is 14.2 Å².